The summed E-state index contributed by atoms with van der Waals surface area (Å²) in [6, 6.07) is 0. The summed E-state index contributed by atoms with van der Waals surface area (Å²) in [5.41, 5.74) is 0.276. The van der Waals surface area contributed by atoms with Crippen LogP contribution in [0.1, 0.15) is 47.0 Å². The molecule has 0 aromatic rings. The highest BCUT2D eigenvalue weighted by molar-refractivity contribution is 7.65. The molecular formula is C16H32O3P2. The molecule has 0 aromatic heterocycles. The second-order valence-corrected chi connectivity index (χ2v) is 15.7. The molecule has 0 amide bonds. The molecule has 124 valence electrons. The predicted octanol–water partition coefficient (Wildman–Crippen LogP) is 4.73. The van der Waals surface area contributed by atoms with Crippen LogP contribution < -0.4 is 0 Å². The molecule has 0 saturated carbocycles. The first kappa shape index (κ1) is 17.8. The fourth-order valence-corrected chi connectivity index (χ4v) is 9.73. The molecule has 3 atom stereocenters. The minimum absolute atomic E-state index is 0.0715. The van der Waals surface area contributed by atoms with E-state index in [4.69, 9.17) is 4.74 Å². The van der Waals surface area contributed by atoms with Gasteiger partial charge in [0.2, 0.25) is 0 Å². The third-order valence-corrected chi connectivity index (χ3v) is 13.9. The second kappa shape index (κ2) is 6.50. The molecule has 0 radical (unpaired) electrons. The van der Waals surface area contributed by atoms with E-state index in [0.29, 0.717) is 19.1 Å². The lowest BCUT2D eigenvalue weighted by atomic mass is 10.00. The van der Waals surface area contributed by atoms with Crippen molar-refractivity contribution >= 4 is 14.3 Å². The van der Waals surface area contributed by atoms with Crippen molar-refractivity contribution in [2.24, 2.45) is 5.92 Å². The Morgan fingerprint density at radius 3 is 2.33 bits per heavy atom. The second-order valence-electron chi connectivity index (χ2n) is 8.07. The average Bonchev–Trinajstić information content (AvgIpc) is 2.38. The van der Waals surface area contributed by atoms with Crippen LogP contribution in [0.3, 0.4) is 0 Å². The van der Waals surface area contributed by atoms with Crippen molar-refractivity contribution < 1.29 is 13.9 Å². The molecule has 2 aliphatic rings. The zero-order valence-corrected chi connectivity index (χ0v) is 15.9. The summed E-state index contributed by atoms with van der Waals surface area (Å²) in [5.74, 6) is 0.507. The lowest BCUT2D eigenvalue weighted by Crippen LogP contribution is -2.29. The molecule has 0 bridgehead atoms. The molecule has 2 heterocycles. The van der Waals surface area contributed by atoms with Gasteiger partial charge < -0.3 is 13.9 Å². The van der Waals surface area contributed by atoms with Crippen LogP contribution >= 0.6 is 14.3 Å². The van der Waals surface area contributed by atoms with Crippen molar-refractivity contribution in [1.29, 1.82) is 0 Å². The molecule has 21 heavy (non-hydrogen) atoms. The van der Waals surface area contributed by atoms with E-state index < -0.39 is 14.3 Å². The first-order valence-corrected chi connectivity index (χ1v) is 12.6. The normalized spacial score (nSPS) is 35.3. The van der Waals surface area contributed by atoms with Crippen molar-refractivity contribution in [1.82, 2.24) is 0 Å². The first-order chi connectivity index (χ1) is 9.66. The third-order valence-electron chi connectivity index (χ3n) is 5.61. The van der Waals surface area contributed by atoms with E-state index in [-0.39, 0.29) is 10.8 Å². The standard InChI is InChI=1S/C16H32O3P2/c1-14(20(17)10-7-19-8-11-20)12-15-6-5-9-21(18,13-15)16(2,3)4/h14-15H,5-13H2,1-4H3. The molecule has 0 N–H and O–H groups in total. The molecule has 2 fully saturated rings. The van der Waals surface area contributed by atoms with Crippen LogP contribution in [0.4, 0.5) is 0 Å². The molecule has 5 heteroatoms. The summed E-state index contributed by atoms with van der Waals surface area (Å²) in [4.78, 5) is 0. The number of hydrogen-bond donors (Lipinski definition) is 0. The van der Waals surface area contributed by atoms with Gasteiger partial charge in [0.05, 0.1) is 27.5 Å². The Balaban J connectivity index is 1.99. The minimum atomic E-state index is -2.09. The van der Waals surface area contributed by atoms with Crippen LogP contribution in [0.15, 0.2) is 0 Å². The van der Waals surface area contributed by atoms with E-state index in [1.165, 1.54) is 6.42 Å². The van der Waals surface area contributed by atoms with Gasteiger partial charge >= 0.3 is 0 Å². The predicted molar refractivity (Wildman–Crippen MR) is 92.1 cm³/mol. The fraction of sp³-hybridized carbons (Fsp3) is 1.00. The van der Waals surface area contributed by atoms with Gasteiger partial charge in [0, 0.05) is 35.5 Å². The number of rotatable bonds is 3. The molecule has 2 rings (SSSR count). The van der Waals surface area contributed by atoms with Gasteiger partial charge in [0.15, 0.2) is 0 Å². The zero-order chi connectivity index (χ0) is 15.7. The molecule has 2 saturated heterocycles. The smallest absolute Gasteiger partial charge is 0.0949 e. The highest BCUT2D eigenvalue weighted by atomic mass is 31.2. The molecule has 0 aliphatic carbocycles. The van der Waals surface area contributed by atoms with Crippen LogP contribution in [0.25, 0.3) is 0 Å². The van der Waals surface area contributed by atoms with Gasteiger partial charge in [-0.2, -0.15) is 0 Å². The maximum Gasteiger partial charge on any atom is 0.0949 e. The molecular weight excluding hydrogens is 302 g/mol. The Kier molecular flexibility index (Phi) is 5.50. The van der Waals surface area contributed by atoms with Crippen LogP contribution in [-0.4, -0.2) is 48.7 Å². The van der Waals surface area contributed by atoms with Gasteiger partial charge in [-0.15, -0.1) is 0 Å². The quantitative estimate of drug-likeness (QED) is 0.701. The lowest BCUT2D eigenvalue weighted by molar-refractivity contribution is 0.154. The summed E-state index contributed by atoms with van der Waals surface area (Å²) < 4.78 is 31.6. The van der Waals surface area contributed by atoms with Gasteiger partial charge in [-0.1, -0.05) is 27.7 Å². The maximum atomic E-state index is 13.2. The summed E-state index contributed by atoms with van der Waals surface area (Å²) in [6.45, 7) is 9.85. The lowest BCUT2D eigenvalue weighted by Gasteiger charge is -2.39. The van der Waals surface area contributed by atoms with Gasteiger partial charge in [0.1, 0.15) is 0 Å². The molecule has 3 nitrogen and oxygen atoms in total. The topological polar surface area (TPSA) is 43.4 Å². The maximum absolute atomic E-state index is 13.2. The summed E-state index contributed by atoms with van der Waals surface area (Å²) >= 11 is 0. The summed E-state index contributed by atoms with van der Waals surface area (Å²) in [5, 5.41) is -0.0715. The van der Waals surface area contributed by atoms with E-state index in [0.717, 1.165) is 37.5 Å². The molecule has 0 spiro atoms. The Labute approximate surface area is 130 Å². The third kappa shape index (κ3) is 4.04. The number of hydrogen-bond acceptors (Lipinski definition) is 3. The largest absolute Gasteiger partial charge is 0.380 e. The van der Waals surface area contributed by atoms with Crippen molar-refractivity contribution in [2.75, 3.05) is 37.9 Å². The van der Waals surface area contributed by atoms with Crippen LogP contribution in [0.2, 0.25) is 0 Å². The van der Waals surface area contributed by atoms with Crippen molar-refractivity contribution in [3.05, 3.63) is 0 Å². The zero-order valence-electron chi connectivity index (χ0n) is 14.1. The molecule has 0 aromatic carbocycles. The van der Waals surface area contributed by atoms with E-state index >= 15 is 0 Å². The van der Waals surface area contributed by atoms with Gasteiger partial charge in [0.25, 0.3) is 0 Å². The Hall–Kier alpha value is 0.420. The van der Waals surface area contributed by atoms with Crippen LogP contribution in [-0.2, 0) is 13.9 Å². The molecule has 3 unspecified atom stereocenters. The van der Waals surface area contributed by atoms with Crippen molar-refractivity contribution in [2.45, 2.75) is 57.8 Å². The van der Waals surface area contributed by atoms with Crippen molar-refractivity contribution in [3.63, 3.8) is 0 Å². The van der Waals surface area contributed by atoms with E-state index in [2.05, 4.69) is 27.7 Å². The van der Waals surface area contributed by atoms with Crippen LogP contribution in [0.5, 0.6) is 0 Å². The Morgan fingerprint density at radius 2 is 1.76 bits per heavy atom. The van der Waals surface area contributed by atoms with E-state index in [9.17, 15) is 9.13 Å². The fourth-order valence-electron chi connectivity index (χ4n) is 3.80. The van der Waals surface area contributed by atoms with E-state index in [1.54, 1.807) is 0 Å². The van der Waals surface area contributed by atoms with Gasteiger partial charge in [-0.3, -0.25) is 0 Å². The monoisotopic (exact) mass is 334 g/mol. The number of ether oxygens (including phenoxy) is 1. The van der Waals surface area contributed by atoms with Gasteiger partial charge in [-0.05, 0) is 25.2 Å². The van der Waals surface area contributed by atoms with Crippen LogP contribution in [0, 0.1) is 5.92 Å². The van der Waals surface area contributed by atoms with Gasteiger partial charge in [-0.25, -0.2) is 0 Å². The summed E-state index contributed by atoms with van der Waals surface area (Å²) in [6.07, 6.45) is 6.53. The highest BCUT2D eigenvalue weighted by Gasteiger charge is 2.42. The Morgan fingerprint density at radius 1 is 1.14 bits per heavy atom. The highest BCUT2D eigenvalue weighted by Crippen LogP contribution is 2.63. The average molecular weight is 334 g/mol. The Bertz CT molecular complexity index is 443. The molecule has 2 aliphatic heterocycles. The SMILES string of the molecule is CC(CC1CCCP(=O)(C(C)(C)C)C1)P1(=O)CCOCC1. The first-order valence-electron chi connectivity index (χ1n) is 8.40. The minimum Gasteiger partial charge on any atom is -0.380 e. The summed E-state index contributed by atoms with van der Waals surface area (Å²) in [7, 11) is -4.15. The van der Waals surface area contributed by atoms with E-state index in [1.807, 2.05) is 0 Å². The van der Waals surface area contributed by atoms with Crippen molar-refractivity contribution in [3.8, 4) is 0 Å².